The van der Waals surface area contributed by atoms with Gasteiger partial charge in [-0.05, 0) is 23.8 Å². The molecule has 0 saturated carbocycles. The Morgan fingerprint density at radius 1 is 1.07 bits per heavy atom. The van der Waals surface area contributed by atoms with E-state index in [2.05, 4.69) is 10.3 Å². The molecule has 3 aromatic rings. The van der Waals surface area contributed by atoms with Gasteiger partial charge in [-0.25, -0.2) is 4.98 Å². The molecule has 0 radical (unpaired) electrons. The molecule has 0 aliphatic heterocycles. The van der Waals surface area contributed by atoms with Crippen LogP contribution in [0.1, 0.15) is 5.56 Å². The van der Waals surface area contributed by atoms with Crippen molar-refractivity contribution >= 4 is 12.0 Å². The van der Waals surface area contributed by atoms with Crippen LogP contribution in [0.4, 0.5) is 0 Å². The van der Waals surface area contributed by atoms with Gasteiger partial charge >= 0.3 is 0 Å². The average molecular weight is 405 g/mol. The zero-order valence-corrected chi connectivity index (χ0v) is 16.9. The summed E-state index contributed by atoms with van der Waals surface area (Å²) >= 11 is 0. The van der Waals surface area contributed by atoms with Crippen LogP contribution in [0.25, 0.3) is 17.3 Å². The number of aromatic nitrogens is 2. The second-order valence-corrected chi connectivity index (χ2v) is 6.41. The summed E-state index contributed by atoms with van der Waals surface area (Å²) < 4.78 is 11.9. The molecule has 0 aliphatic rings. The van der Waals surface area contributed by atoms with Crippen molar-refractivity contribution in [3.05, 3.63) is 82.9 Å². The minimum atomic E-state index is -0.258. The highest BCUT2D eigenvalue weighted by Gasteiger charge is 2.05. The van der Waals surface area contributed by atoms with Crippen LogP contribution in [0.15, 0.2) is 71.8 Å². The van der Waals surface area contributed by atoms with Crippen LogP contribution in [-0.2, 0) is 11.3 Å². The Kier molecular flexibility index (Phi) is 7.00. The molecule has 1 amide bonds. The van der Waals surface area contributed by atoms with E-state index in [1.54, 1.807) is 32.4 Å². The third kappa shape index (κ3) is 5.35. The summed E-state index contributed by atoms with van der Waals surface area (Å²) in [6, 6.07) is 16.4. The Balaban J connectivity index is 1.54. The Hall–Kier alpha value is -3.87. The molecule has 30 heavy (non-hydrogen) atoms. The number of carbonyl (C=O) groups excluding carboxylic acids is 1. The van der Waals surface area contributed by atoms with Crippen LogP contribution in [0, 0.1) is 0 Å². The molecule has 0 saturated heterocycles. The number of carbonyl (C=O) groups is 1. The van der Waals surface area contributed by atoms with Gasteiger partial charge in [-0.1, -0.05) is 36.4 Å². The number of methoxy groups -OCH3 is 2. The van der Waals surface area contributed by atoms with Crippen LogP contribution < -0.4 is 20.3 Å². The second kappa shape index (κ2) is 10.1. The summed E-state index contributed by atoms with van der Waals surface area (Å²) in [5, 5.41) is 2.76. The number of nitrogens with zero attached hydrogens (tertiary/aromatic N) is 2. The number of nitrogens with one attached hydrogen (secondary N) is 1. The van der Waals surface area contributed by atoms with Crippen molar-refractivity contribution in [2.75, 3.05) is 20.8 Å². The number of amides is 1. The maximum Gasteiger partial charge on any atom is 0.253 e. The third-order valence-corrected chi connectivity index (χ3v) is 4.44. The number of ether oxygens (including phenoxy) is 2. The Morgan fingerprint density at radius 2 is 1.83 bits per heavy atom. The predicted molar refractivity (Wildman–Crippen MR) is 116 cm³/mol. The molecule has 2 aromatic carbocycles. The number of rotatable bonds is 8. The molecule has 1 N–H and O–H groups in total. The first kappa shape index (κ1) is 20.9. The fourth-order valence-electron chi connectivity index (χ4n) is 2.85. The molecule has 154 valence electrons. The lowest BCUT2D eigenvalue weighted by molar-refractivity contribution is -0.116. The molecule has 0 atom stereocenters. The summed E-state index contributed by atoms with van der Waals surface area (Å²) in [4.78, 5) is 28.7. The van der Waals surface area contributed by atoms with Crippen LogP contribution in [-0.4, -0.2) is 36.2 Å². The SMILES string of the molecule is COc1ccc(/C=C/C(=O)NCCn2cnc(-c3ccccc3)cc2=O)cc1OC. The number of hydrogen-bond donors (Lipinski definition) is 1. The predicted octanol–water partition coefficient (Wildman–Crippen LogP) is 2.76. The van der Waals surface area contributed by atoms with Crippen LogP contribution >= 0.6 is 0 Å². The van der Waals surface area contributed by atoms with Crippen LogP contribution in [0.3, 0.4) is 0 Å². The zero-order chi connectivity index (χ0) is 21.3. The first-order valence-electron chi connectivity index (χ1n) is 9.40. The minimum absolute atomic E-state index is 0.168. The minimum Gasteiger partial charge on any atom is -0.493 e. The summed E-state index contributed by atoms with van der Waals surface area (Å²) in [6.07, 6.45) is 4.61. The highest BCUT2D eigenvalue weighted by molar-refractivity contribution is 5.91. The van der Waals surface area contributed by atoms with Crippen molar-refractivity contribution in [3.63, 3.8) is 0 Å². The first-order valence-corrected chi connectivity index (χ1v) is 9.40. The standard InChI is InChI=1S/C23H23N3O4/c1-29-20-10-8-17(14-21(20)30-2)9-11-22(27)24-12-13-26-16-25-19(15-23(26)28)18-6-4-3-5-7-18/h3-11,14-16H,12-13H2,1-2H3,(H,24,27)/b11-9+. The van der Waals surface area contributed by atoms with Gasteiger partial charge in [-0.3, -0.25) is 14.2 Å². The van der Waals surface area contributed by atoms with Crippen molar-refractivity contribution in [1.29, 1.82) is 0 Å². The fourth-order valence-corrected chi connectivity index (χ4v) is 2.85. The maximum atomic E-state index is 12.3. The van der Waals surface area contributed by atoms with E-state index in [1.807, 2.05) is 36.4 Å². The van der Waals surface area contributed by atoms with E-state index in [4.69, 9.17) is 9.47 Å². The fraction of sp³-hybridized carbons (Fsp3) is 0.174. The summed E-state index contributed by atoms with van der Waals surface area (Å²) in [6.45, 7) is 0.637. The lowest BCUT2D eigenvalue weighted by atomic mass is 10.1. The van der Waals surface area contributed by atoms with E-state index in [-0.39, 0.29) is 11.5 Å². The van der Waals surface area contributed by atoms with Gasteiger partial charge in [0.15, 0.2) is 11.5 Å². The normalized spacial score (nSPS) is 10.7. The van der Waals surface area contributed by atoms with Gasteiger partial charge in [0.1, 0.15) is 0 Å². The van der Waals surface area contributed by atoms with Gasteiger partial charge in [0.25, 0.3) is 5.56 Å². The molecule has 1 heterocycles. The van der Waals surface area contributed by atoms with E-state index in [9.17, 15) is 9.59 Å². The molecule has 0 aliphatic carbocycles. The molecule has 0 spiro atoms. The second-order valence-electron chi connectivity index (χ2n) is 6.41. The van der Waals surface area contributed by atoms with Crippen molar-refractivity contribution < 1.29 is 14.3 Å². The highest BCUT2D eigenvalue weighted by atomic mass is 16.5. The van der Waals surface area contributed by atoms with Crippen molar-refractivity contribution in [2.24, 2.45) is 0 Å². The Bertz CT molecular complexity index is 1090. The van der Waals surface area contributed by atoms with Crippen molar-refractivity contribution in [3.8, 4) is 22.8 Å². The van der Waals surface area contributed by atoms with Crippen molar-refractivity contribution in [1.82, 2.24) is 14.9 Å². The van der Waals surface area contributed by atoms with E-state index < -0.39 is 0 Å². The number of benzene rings is 2. The smallest absolute Gasteiger partial charge is 0.253 e. The Labute approximate surface area is 174 Å². The molecule has 7 nitrogen and oxygen atoms in total. The molecular weight excluding hydrogens is 382 g/mol. The van der Waals surface area contributed by atoms with Gasteiger partial charge in [0.05, 0.1) is 26.2 Å². The lowest BCUT2D eigenvalue weighted by Crippen LogP contribution is -2.29. The largest absolute Gasteiger partial charge is 0.493 e. The molecule has 0 fully saturated rings. The summed E-state index contributed by atoms with van der Waals surface area (Å²) in [7, 11) is 3.12. The topological polar surface area (TPSA) is 82.5 Å². The average Bonchev–Trinajstić information content (AvgIpc) is 2.79. The van der Waals surface area contributed by atoms with Gasteiger partial charge in [-0.15, -0.1) is 0 Å². The van der Waals surface area contributed by atoms with E-state index in [0.717, 1.165) is 11.1 Å². The highest BCUT2D eigenvalue weighted by Crippen LogP contribution is 2.27. The molecule has 1 aromatic heterocycles. The molecule has 7 heteroatoms. The maximum absolute atomic E-state index is 12.3. The van der Waals surface area contributed by atoms with E-state index in [0.29, 0.717) is 30.3 Å². The van der Waals surface area contributed by atoms with E-state index >= 15 is 0 Å². The Morgan fingerprint density at radius 3 is 2.53 bits per heavy atom. The molecule has 0 unspecified atom stereocenters. The van der Waals surface area contributed by atoms with Gasteiger partial charge in [0.2, 0.25) is 5.91 Å². The lowest BCUT2D eigenvalue weighted by Gasteiger charge is -2.08. The van der Waals surface area contributed by atoms with Crippen LogP contribution in [0.2, 0.25) is 0 Å². The number of hydrogen-bond acceptors (Lipinski definition) is 5. The van der Waals surface area contributed by atoms with Gasteiger partial charge in [0, 0.05) is 30.8 Å². The van der Waals surface area contributed by atoms with E-state index in [1.165, 1.54) is 23.0 Å². The first-order chi connectivity index (χ1) is 14.6. The van der Waals surface area contributed by atoms with Gasteiger partial charge < -0.3 is 14.8 Å². The zero-order valence-electron chi connectivity index (χ0n) is 16.9. The molecular formula is C23H23N3O4. The monoisotopic (exact) mass is 405 g/mol. The summed E-state index contributed by atoms with van der Waals surface area (Å²) in [5.41, 5.74) is 2.15. The third-order valence-electron chi connectivity index (χ3n) is 4.44. The van der Waals surface area contributed by atoms with Crippen molar-refractivity contribution in [2.45, 2.75) is 6.54 Å². The van der Waals surface area contributed by atoms with Gasteiger partial charge in [-0.2, -0.15) is 0 Å². The molecule has 0 bridgehead atoms. The molecule has 3 rings (SSSR count). The quantitative estimate of drug-likeness (QED) is 0.583. The van der Waals surface area contributed by atoms with Crippen LogP contribution in [0.5, 0.6) is 11.5 Å². The summed E-state index contributed by atoms with van der Waals surface area (Å²) in [5.74, 6) is 0.953.